The van der Waals surface area contributed by atoms with E-state index in [2.05, 4.69) is 0 Å². The molecule has 4 heteroatoms. The molecule has 4 N–H and O–H groups in total. The third-order valence-corrected chi connectivity index (χ3v) is 1.58. The molecule has 0 atom stereocenters. The van der Waals surface area contributed by atoms with E-state index in [4.69, 9.17) is 16.2 Å². The molecule has 0 aromatic heterocycles. The minimum atomic E-state index is -0.457. The van der Waals surface area contributed by atoms with Crippen LogP contribution in [-0.4, -0.2) is 12.5 Å². The second-order valence-corrected chi connectivity index (χ2v) is 2.49. The van der Waals surface area contributed by atoms with Crippen molar-refractivity contribution in [2.75, 3.05) is 6.54 Å². The van der Waals surface area contributed by atoms with E-state index in [9.17, 15) is 4.79 Å². The molecule has 0 aliphatic rings. The summed E-state index contributed by atoms with van der Waals surface area (Å²) in [5, 5.41) is 0. The topological polar surface area (TPSA) is 78.3 Å². The van der Waals surface area contributed by atoms with Gasteiger partial charge in [-0.2, -0.15) is 0 Å². The van der Waals surface area contributed by atoms with E-state index in [1.165, 1.54) is 0 Å². The number of carbonyl (C=O) groups is 1. The van der Waals surface area contributed by atoms with Gasteiger partial charge in [0.1, 0.15) is 5.75 Å². The van der Waals surface area contributed by atoms with Crippen LogP contribution in [0.4, 0.5) is 0 Å². The van der Waals surface area contributed by atoms with Gasteiger partial charge in [-0.25, -0.2) is 0 Å². The first kappa shape index (κ1) is 9.70. The van der Waals surface area contributed by atoms with Gasteiger partial charge in [-0.1, -0.05) is 18.2 Å². The van der Waals surface area contributed by atoms with E-state index in [0.717, 1.165) is 5.56 Å². The summed E-state index contributed by atoms with van der Waals surface area (Å²) in [6.07, 6.45) is 0. The third kappa shape index (κ3) is 2.54. The summed E-state index contributed by atoms with van der Waals surface area (Å²) in [6.45, 7) is 0.215. The van der Waals surface area contributed by atoms with Crippen molar-refractivity contribution in [3.63, 3.8) is 0 Å². The Balaban J connectivity index is 2.81. The first-order chi connectivity index (χ1) is 6.27. The van der Waals surface area contributed by atoms with Crippen molar-refractivity contribution >= 4 is 5.97 Å². The summed E-state index contributed by atoms with van der Waals surface area (Å²) >= 11 is 0. The van der Waals surface area contributed by atoms with Crippen molar-refractivity contribution < 1.29 is 9.53 Å². The van der Waals surface area contributed by atoms with Gasteiger partial charge in [0.2, 0.25) is 0 Å². The van der Waals surface area contributed by atoms with E-state index < -0.39 is 5.97 Å². The second-order valence-electron chi connectivity index (χ2n) is 2.49. The molecule has 4 nitrogen and oxygen atoms in total. The fourth-order valence-electron chi connectivity index (χ4n) is 0.936. The molecule has 0 aliphatic heterocycles. The van der Waals surface area contributed by atoms with Crippen LogP contribution < -0.4 is 16.2 Å². The Kier molecular flexibility index (Phi) is 3.42. The van der Waals surface area contributed by atoms with Gasteiger partial charge in [-0.15, -0.1) is 0 Å². The van der Waals surface area contributed by atoms with Crippen LogP contribution in [0.3, 0.4) is 0 Å². The van der Waals surface area contributed by atoms with Crippen LogP contribution in [-0.2, 0) is 11.3 Å². The Bertz CT molecular complexity index is 299. The highest BCUT2D eigenvalue weighted by molar-refractivity contribution is 5.74. The average molecular weight is 180 g/mol. The summed E-state index contributed by atoms with van der Waals surface area (Å²) in [6, 6.07) is 7.11. The monoisotopic (exact) mass is 180 g/mol. The van der Waals surface area contributed by atoms with Crippen molar-refractivity contribution in [2.24, 2.45) is 11.5 Å². The number of rotatable bonds is 3. The largest absolute Gasteiger partial charge is 0.425 e. The van der Waals surface area contributed by atoms with Gasteiger partial charge in [0.05, 0.1) is 6.54 Å². The Morgan fingerprint density at radius 1 is 1.31 bits per heavy atom. The molecule has 0 unspecified atom stereocenters. The quantitative estimate of drug-likeness (QED) is 0.507. The summed E-state index contributed by atoms with van der Waals surface area (Å²) in [5.74, 6) is 0.0290. The highest BCUT2D eigenvalue weighted by Gasteiger charge is 2.05. The number of ether oxygens (including phenoxy) is 1. The lowest BCUT2D eigenvalue weighted by molar-refractivity contribution is -0.132. The Hall–Kier alpha value is -1.39. The number of benzene rings is 1. The van der Waals surface area contributed by atoms with Gasteiger partial charge < -0.3 is 16.2 Å². The molecule has 70 valence electrons. The van der Waals surface area contributed by atoms with Gasteiger partial charge in [0, 0.05) is 12.1 Å². The molecule has 1 rings (SSSR count). The highest BCUT2D eigenvalue weighted by atomic mass is 16.5. The molecule has 1 aromatic rings. The lowest BCUT2D eigenvalue weighted by Crippen LogP contribution is -2.20. The molecule has 0 radical (unpaired) electrons. The molecule has 0 fully saturated rings. The molecule has 13 heavy (non-hydrogen) atoms. The summed E-state index contributed by atoms with van der Waals surface area (Å²) in [4.78, 5) is 10.9. The Morgan fingerprint density at radius 3 is 2.62 bits per heavy atom. The lowest BCUT2D eigenvalue weighted by atomic mass is 10.2. The van der Waals surface area contributed by atoms with Gasteiger partial charge >= 0.3 is 5.97 Å². The first-order valence-corrected chi connectivity index (χ1v) is 3.96. The van der Waals surface area contributed by atoms with E-state index in [-0.39, 0.29) is 6.54 Å². The maximum absolute atomic E-state index is 10.9. The number of nitrogens with two attached hydrogens (primary N) is 2. The zero-order chi connectivity index (χ0) is 9.68. The standard InChI is InChI=1S/C9H12N2O2/c10-5-7-3-1-2-4-8(7)13-9(12)6-11/h1-4H,5-6,10-11H2. The molecule has 0 spiro atoms. The van der Waals surface area contributed by atoms with Gasteiger partial charge in [0.15, 0.2) is 0 Å². The molecular weight excluding hydrogens is 168 g/mol. The summed E-state index contributed by atoms with van der Waals surface area (Å²) in [5.41, 5.74) is 11.3. The average Bonchev–Trinajstić information content (AvgIpc) is 2.18. The van der Waals surface area contributed by atoms with Crippen LogP contribution in [0.15, 0.2) is 24.3 Å². The fraction of sp³-hybridized carbons (Fsp3) is 0.222. The van der Waals surface area contributed by atoms with Crippen LogP contribution in [0.25, 0.3) is 0 Å². The van der Waals surface area contributed by atoms with Crippen LogP contribution >= 0.6 is 0 Å². The van der Waals surface area contributed by atoms with Gasteiger partial charge in [-0.05, 0) is 6.07 Å². The van der Waals surface area contributed by atoms with E-state index in [1.54, 1.807) is 18.2 Å². The van der Waals surface area contributed by atoms with Crippen molar-refractivity contribution in [2.45, 2.75) is 6.54 Å². The number of esters is 1. The van der Waals surface area contributed by atoms with Crippen LogP contribution in [0.5, 0.6) is 5.75 Å². The number of hydrogen-bond donors (Lipinski definition) is 2. The second kappa shape index (κ2) is 4.59. The van der Waals surface area contributed by atoms with E-state index in [0.29, 0.717) is 12.3 Å². The molecule has 0 bridgehead atoms. The lowest BCUT2D eigenvalue weighted by Gasteiger charge is -2.06. The van der Waals surface area contributed by atoms with Crippen molar-refractivity contribution in [1.29, 1.82) is 0 Å². The minimum absolute atomic E-state index is 0.126. The molecule has 0 heterocycles. The van der Waals surface area contributed by atoms with Crippen molar-refractivity contribution in [3.05, 3.63) is 29.8 Å². The third-order valence-electron chi connectivity index (χ3n) is 1.58. The minimum Gasteiger partial charge on any atom is -0.425 e. The highest BCUT2D eigenvalue weighted by Crippen LogP contribution is 2.16. The maximum atomic E-state index is 10.9. The van der Waals surface area contributed by atoms with Crippen LogP contribution in [0.2, 0.25) is 0 Å². The smallest absolute Gasteiger partial charge is 0.325 e. The first-order valence-electron chi connectivity index (χ1n) is 3.96. The number of carbonyl (C=O) groups excluding carboxylic acids is 1. The van der Waals surface area contributed by atoms with Gasteiger partial charge in [0.25, 0.3) is 0 Å². The Morgan fingerprint density at radius 2 is 2.00 bits per heavy atom. The zero-order valence-electron chi connectivity index (χ0n) is 7.19. The molecule has 0 saturated carbocycles. The Labute approximate surface area is 76.5 Å². The zero-order valence-corrected chi connectivity index (χ0v) is 7.19. The van der Waals surface area contributed by atoms with E-state index in [1.807, 2.05) is 6.07 Å². The molecule has 0 saturated heterocycles. The SMILES string of the molecule is NCC(=O)Oc1ccccc1CN. The predicted molar refractivity (Wildman–Crippen MR) is 49.0 cm³/mol. The fourth-order valence-corrected chi connectivity index (χ4v) is 0.936. The summed E-state index contributed by atoms with van der Waals surface area (Å²) < 4.78 is 4.94. The maximum Gasteiger partial charge on any atom is 0.325 e. The van der Waals surface area contributed by atoms with Crippen molar-refractivity contribution in [3.8, 4) is 5.75 Å². The number of para-hydroxylation sites is 1. The molecule has 0 amide bonds. The molecule has 1 aromatic carbocycles. The van der Waals surface area contributed by atoms with Crippen LogP contribution in [0, 0.1) is 0 Å². The van der Waals surface area contributed by atoms with Gasteiger partial charge in [-0.3, -0.25) is 4.79 Å². The van der Waals surface area contributed by atoms with Crippen LogP contribution in [0.1, 0.15) is 5.56 Å². The van der Waals surface area contributed by atoms with E-state index >= 15 is 0 Å². The normalized spacial score (nSPS) is 9.69. The number of hydrogen-bond acceptors (Lipinski definition) is 4. The molecule has 0 aliphatic carbocycles. The molecular formula is C9H12N2O2. The summed E-state index contributed by atoms with van der Waals surface area (Å²) in [7, 11) is 0. The van der Waals surface area contributed by atoms with Crippen molar-refractivity contribution in [1.82, 2.24) is 0 Å². The predicted octanol–water partition coefficient (Wildman–Crippen LogP) is 0.00940.